The van der Waals surface area contributed by atoms with Crippen LogP contribution >= 0.6 is 11.6 Å². The van der Waals surface area contributed by atoms with Gasteiger partial charge in [-0.1, -0.05) is 49.7 Å². The van der Waals surface area contributed by atoms with Crippen LogP contribution in [0.1, 0.15) is 37.1 Å². The SMILES string of the molecule is CC(C)C(NCC(O)c1ccccc1Cl)c1cccnc1. The van der Waals surface area contributed by atoms with E-state index in [0.29, 0.717) is 17.5 Å². The molecule has 3 nitrogen and oxygen atoms in total. The van der Waals surface area contributed by atoms with E-state index in [4.69, 9.17) is 11.6 Å². The van der Waals surface area contributed by atoms with Gasteiger partial charge in [0.15, 0.2) is 0 Å². The van der Waals surface area contributed by atoms with Crippen molar-refractivity contribution in [3.05, 3.63) is 64.9 Å². The fourth-order valence-corrected chi connectivity index (χ4v) is 2.65. The van der Waals surface area contributed by atoms with Crippen molar-refractivity contribution in [2.45, 2.75) is 26.0 Å². The van der Waals surface area contributed by atoms with E-state index in [0.717, 1.165) is 11.1 Å². The maximum atomic E-state index is 10.3. The normalized spacial score (nSPS) is 14.1. The second-order valence-electron chi connectivity index (χ2n) is 5.45. The minimum absolute atomic E-state index is 0.149. The first-order chi connectivity index (χ1) is 10.1. The molecule has 4 heteroatoms. The molecule has 0 amide bonds. The minimum Gasteiger partial charge on any atom is -0.387 e. The number of aromatic nitrogens is 1. The summed E-state index contributed by atoms with van der Waals surface area (Å²) in [6.07, 6.45) is 3.00. The molecule has 1 aromatic carbocycles. The lowest BCUT2D eigenvalue weighted by Gasteiger charge is -2.24. The van der Waals surface area contributed by atoms with E-state index in [2.05, 4.69) is 24.1 Å². The van der Waals surface area contributed by atoms with E-state index >= 15 is 0 Å². The number of aliphatic hydroxyl groups excluding tert-OH is 1. The highest BCUT2D eigenvalue weighted by Crippen LogP contribution is 2.25. The van der Waals surface area contributed by atoms with Gasteiger partial charge in [-0.25, -0.2) is 0 Å². The van der Waals surface area contributed by atoms with Crippen LogP contribution in [0.25, 0.3) is 0 Å². The molecule has 1 aromatic heterocycles. The van der Waals surface area contributed by atoms with Gasteiger partial charge in [0.25, 0.3) is 0 Å². The summed E-state index contributed by atoms with van der Waals surface area (Å²) < 4.78 is 0. The molecule has 0 spiro atoms. The molecule has 0 bridgehead atoms. The van der Waals surface area contributed by atoms with Gasteiger partial charge in [-0.3, -0.25) is 4.98 Å². The third-order valence-electron chi connectivity index (χ3n) is 3.51. The van der Waals surface area contributed by atoms with Gasteiger partial charge in [0.2, 0.25) is 0 Å². The first-order valence-electron chi connectivity index (χ1n) is 7.15. The van der Waals surface area contributed by atoms with E-state index in [1.54, 1.807) is 12.3 Å². The van der Waals surface area contributed by atoms with Gasteiger partial charge in [0.1, 0.15) is 0 Å². The number of aliphatic hydroxyl groups is 1. The molecule has 0 saturated heterocycles. The quantitative estimate of drug-likeness (QED) is 0.854. The van der Waals surface area contributed by atoms with E-state index in [9.17, 15) is 5.11 Å². The summed E-state index contributed by atoms with van der Waals surface area (Å²) in [5.74, 6) is 0.396. The van der Waals surface area contributed by atoms with Crippen LogP contribution in [0, 0.1) is 5.92 Å². The van der Waals surface area contributed by atoms with Gasteiger partial charge in [-0.15, -0.1) is 0 Å². The lowest BCUT2D eigenvalue weighted by molar-refractivity contribution is 0.165. The first kappa shape index (κ1) is 16.0. The average molecular weight is 305 g/mol. The molecular weight excluding hydrogens is 284 g/mol. The summed E-state index contributed by atoms with van der Waals surface area (Å²) in [6, 6.07) is 11.5. The van der Waals surface area contributed by atoms with Gasteiger partial charge in [0.05, 0.1) is 6.10 Å². The molecule has 0 aliphatic carbocycles. The van der Waals surface area contributed by atoms with Crippen molar-refractivity contribution >= 4 is 11.6 Å². The van der Waals surface area contributed by atoms with Crippen molar-refractivity contribution in [1.29, 1.82) is 0 Å². The zero-order valence-corrected chi connectivity index (χ0v) is 13.1. The molecular formula is C17H21ClN2O. The molecule has 112 valence electrons. The number of nitrogens with one attached hydrogen (secondary N) is 1. The first-order valence-corrected chi connectivity index (χ1v) is 7.53. The van der Waals surface area contributed by atoms with Gasteiger partial charge < -0.3 is 10.4 Å². The largest absolute Gasteiger partial charge is 0.387 e. The van der Waals surface area contributed by atoms with Gasteiger partial charge in [-0.2, -0.15) is 0 Å². The molecule has 2 N–H and O–H groups in total. The Morgan fingerprint density at radius 2 is 1.95 bits per heavy atom. The Morgan fingerprint density at radius 3 is 2.57 bits per heavy atom. The van der Waals surface area contributed by atoms with Crippen molar-refractivity contribution in [1.82, 2.24) is 10.3 Å². The van der Waals surface area contributed by atoms with E-state index < -0.39 is 6.10 Å². The third-order valence-corrected chi connectivity index (χ3v) is 3.85. The highest BCUT2D eigenvalue weighted by Gasteiger charge is 2.18. The van der Waals surface area contributed by atoms with Crippen LogP contribution in [-0.2, 0) is 0 Å². The number of halogens is 1. The van der Waals surface area contributed by atoms with Crippen molar-refractivity contribution in [3.63, 3.8) is 0 Å². The monoisotopic (exact) mass is 304 g/mol. The molecule has 2 rings (SSSR count). The summed E-state index contributed by atoms with van der Waals surface area (Å²) in [6.45, 7) is 4.74. The molecule has 0 aliphatic heterocycles. The van der Waals surface area contributed by atoms with Crippen molar-refractivity contribution in [3.8, 4) is 0 Å². The number of hydrogen-bond donors (Lipinski definition) is 2. The summed E-state index contributed by atoms with van der Waals surface area (Å²) in [5.41, 5.74) is 1.87. The Hall–Kier alpha value is -1.42. The average Bonchev–Trinajstić information content (AvgIpc) is 2.48. The minimum atomic E-state index is -0.628. The van der Waals surface area contributed by atoms with Crippen LogP contribution in [0.15, 0.2) is 48.8 Å². The molecule has 0 fully saturated rings. The molecule has 1 heterocycles. The smallest absolute Gasteiger partial charge is 0.0928 e. The summed E-state index contributed by atoms with van der Waals surface area (Å²) >= 11 is 6.12. The van der Waals surface area contributed by atoms with Crippen LogP contribution in [0.3, 0.4) is 0 Å². The van der Waals surface area contributed by atoms with Crippen molar-refractivity contribution < 1.29 is 5.11 Å². The third kappa shape index (κ3) is 4.27. The summed E-state index contributed by atoms with van der Waals surface area (Å²) in [5, 5.41) is 14.3. The van der Waals surface area contributed by atoms with E-state index in [1.807, 2.05) is 36.5 Å². The number of rotatable bonds is 6. The Morgan fingerprint density at radius 1 is 1.19 bits per heavy atom. The lowest BCUT2D eigenvalue weighted by Crippen LogP contribution is -2.30. The van der Waals surface area contributed by atoms with Crippen LogP contribution in [0.4, 0.5) is 0 Å². The van der Waals surface area contributed by atoms with Crippen LogP contribution in [0.2, 0.25) is 5.02 Å². The Bertz CT molecular complexity index is 560. The standard InChI is InChI=1S/C17H21ClN2O/c1-12(2)17(13-6-5-9-19-10-13)20-11-16(21)14-7-3-4-8-15(14)18/h3-10,12,16-17,20-21H,11H2,1-2H3. The van der Waals surface area contributed by atoms with E-state index in [-0.39, 0.29) is 6.04 Å². The molecule has 0 radical (unpaired) electrons. The van der Waals surface area contributed by atoms with Gasteiger partial charge >= 0.3 is 0 Å². The molecule has 21 heavy (non-hydrogen) atoms. The Kier molecular flexibility index (Phi) is 5.74. The highest BCUT2D eigenvalue weighted by atomic mass is 35.5. The predicted octanol–water partition coefficient (Wildman–Crippen LogP) is 3.76. The number of pyridine rings is 1. The molecule has 0 aliphatic rings. The van der Waals surface area contributed by atoms with Crippen LogP contribution in [0.5, 0.6) is 0 Å². The highest BCUT2D eigenvalue weighted by molar-refractivity contribution is 6.31. The molecule has 0 saturated carbocycles. The fourth-order valence-electron chi connectivity index (χ4n) is 2.39. The second-order valence-corrected chi connectivity index (χ2v) is 5.86. The maximum absolute atomic E-state index is 10.3. The number of hydrogen-bond acceptors (Lipinski definition) is 3. The predicted molar refractivity (Wildman–Crippen MR) is 86.2 cm³/mol. The summed E-state index contributed by atoms with van der Waals surface area (Å²) in [7, 11) is 0. The molecule has 2 atom stereocenters. The van der Waals surface area contributed by atoms with Gasteiger partial charge in [0, 0.05) is 35.6 Å². The molecule has 2 aromatic rings. The topological polar surface area (TPSA) is 45.1 Å². The number of nitrogens with zero attached hydrogens (tertiary/aromatic N) is 1. The fraction of sp³-hybridized carbons (Fsp3) is 0.353. The maximum Gasteiger partial charge on any atom is 0.0928 e. The van der Waals surface area contributed by atoms with Gasteiger partial charge in [-0.05, 0) is 23.6 Å². The zero-order chi connectivity index (χ0) is 15.2. The molecule has 2 unspecified atom stereocenters. The zero-order valence-electron chi connectivity index (χ0n) is 12.3. The van der Waals surface area contributed by atoms with Crippen molar-refractivity contribution in [2.24, 2.45) is 5.92 Å². The second kappa shape index (κ2) is 7.55. The van der Waals surface area contributed by atoms with E-state index in [1.165, 1.54) is 0 Å². The van der Waals surface area contributed by atoms with Crippen molar-refractivity contribution in [2.75, 3.05) is 6.54 Å². The number of benzene rings is 1. The van der Waals surface area contributed by atoms with Crippen LogP contribution < -0.4 is 5.32 Å². The summed E-state index contributed by atoms with van der Waals surface area (Å²) in [4.78, 5) is 4.16. The lowest BCUT2D eigenvalue weighted by atomic mass is 9.97. The Labute approximate surface area is 131 Å². The Balaban J connectivity index is 2.04. The van der Waals surface area contributed by atoms with Crippen LogP contribution in [-0.4, -0.2) is 16.6 Å².